The van der Waals surface area contributed by atoms with Gasteiger partial charge in [-0.25, -0.2) is 0 Å². The number of aliphatic hydroxyl groups is 1. The molecule has 1 aromatic rings. The Morgan fingerprint density at radius 1 is 0.978 bits per heavy atom. The molecule has 0 bridgehead atoms. The summed E-state index contributed by atoms with van der Waals surface area (Å²) in [5.74, 6) is 3.97. The van der Waals surface area contributed by atoms with E-state index in [1.54, 1.807) is 7.11 Å². The Hall–Kier alpha value is -1.40. The first-order chi connectivity index (χ1) is 21.8. The van der Waals surface area contributed by atoms with E-state index in [0.717, 1.165) is 61.5 Å². The molecule has 1 aromatic carbocycles. The second-order valence-electron chi connectivity index (χ2n) is 14.5. The topological polar surface area (TPSA) is 66.4 Å². The Morgan fingerprint density at radius 3 is 2.11 bits per heavy atom. The fourth-order valence-corrected chi connectivity index (χ4v) is 10.4. The van der Waals surface area contributed by atoms with Crippen LogP contribution in [-0.4, -0.2) is 57.3 Å². The second kappa shape index (κ2) is 19.6. The van der Waals surface area contributed by atoms with Crippen LogP contribution in [0.4, 0.5) is 0 Å². The molecule has 1 saturated heterocycles. The Bertz CT molecular complexity index is 1010. The number of methoxy groups -OCH3 is 1. The summed E-state index contributed by atoms with van der Waals surface area (Å²) < 4.78 is 33.0. The van der Waals surface area contributed by atoms with Crippen LogP contribution in [0.15, 0.2) is 24.3 Å². The quantitative estimate of drug-likeness (QED) is 0.105. The largest absolute Gasteiger partial charge is 0.497 e. The highest BCUT2D eigenvalue weighted by Crippen LogP contribution is 2.40. The minimum Gasteiger partial charge on any atom is -0.497 e. The van der Waals surface area contributed by atoms with Crippen LogP contribution in [0.25, 0.3) is 0 Å². The molecule has 46 heavy (non-hydrogen) atoms. The molecule has 2 rings (SSSR count). The van der Waals surface area contributed by atoms with Crippen LogP contribution in [0, 0.1) is 41.9 Å². The lowest BCUT2D eigenvalue weighted by Crippen LogP contribution is -2.54. The molecule has 1 fully saturated rings. The number of terminal acetylenes is 1. The highest BCUT2D eigenvalue weighted by Gasteiger charge is 2.46. The predicted molar refractivity (Wildman–Crippen MR) is 192 cm³/mol. The van der Waals surface area contributed by atoms with E-state index in [0.29, 0.717) is 12.5 Å². The maximum Gasteiger partial charge on any atom is 0.192 e. The fourth-order valence-electron chi connectivity index (χ4n) is 7.41. The molecule has 264 valence electrons. The van der Waals surface area contributed by atoms with Crippen molar-refractivity contribution in [3.8, 4) is 18.1 Å². The Labute approximate surface area is 283 Å². The third-order valence-corrected chi connectivity index (χ3v) is 15.5. The van der Waals surface area contributed by atoms with Crippen molar-refractivity contribution in [1.29, 1.82) is 0 Å². The van der Waals surface area contributed by atoms with Crippen molar-refractivity contribution in [2.24, 2.45) is 29.6 Å². The van der Waals surface area contributed by atoms with Crippen molar-refractivity contribution in [3.05, 3.63) is 29.8 Å². The number of hydrogen-bond donors (Lipinski definition) is 1. The molecule has 0 spiro atoms. The van der Waals surface area contributed by atoms with Gasteiger partial charge in [-0.1, -0.05) is 73.9 Å². The Morgan fingerprint density at radius 2 is 1.59 bits per heavy atom. The lowest BCUT2D eigenvalue weighted by atomic mass is 9.77. The molecule has 0 saturated carbocycles. The Balaban J connectivity index is 2.52. The third-order valence-electron chi connectivity index (χ3n) is 10.9. The van der Waals surface area contributed by atoms with E-state index in [9.17, 15) is 5.11 Å². The summed E-state index contributed by atoms with van der Waals surface area (Å²) >= 11 is 0. The highest BCUT2D eigenvalue weighted by molar-refractivity contribution is 6.73. The van der Waals surface area contributed by atoms with Crippen molar-refractivity contribution in [3.63, 3.8) is 0 Å². The molecule has 7 heteroatoms. The van der Waals surface area contributed by atoms with Gasteiger partial charge >= 0.3 is 0 Å². The maximum atomic E-state index is 10.1. The summed E-state index contributed by atoms with van der Waals surface area (Å²) in [6, 6.07) is 11.4. The van der Waals surface area contributed by atoms with E-state index in [1.807, 2.05) is 26.0 Å². The van der Waals surface area contributed by atoms with Crippen molar-refractivity contribution in [2.45, 2.75) is 156 Å². The van der Waals surface area contributed by atoms with Gasteiger partial charge in [0.2, 0.25) is 0 Å². The zero-order valence-electron chi connectivity index (χ0n) is 31.1. The number of benzene rings is 1. The van der Waals surface area contributed by atoms with E-state index in [2.05, 4.69) is 73.4 Å². The molecule has 1 N–H and O–H groups in total. The van der Waals surface area contributed by atoms with Crippen LogP contribution >= 0.6 is 0 Å². The van der Waals surface area contributed by atoms with Crippen molar-refractivity contribution < 1.29 is 28.5 Å². The molecule has 1 aliphatic heterocycles. The molecule has 0 aromatic heterocycles. The highest BCUT2D eigenvalue weighted by atomic mass is 28.4. The van der Waals surface area contributed by atoms with Crippen LogP contribution < -0.4 is 4.74 Å². The van der Waals surface area contributed by atoms with Gasteiger partial charge in [0.05, 0.1) is 38.1 Å². The first kappa shape index (κ1) is 40.8. The Kier molecular flexibility index (Phi) is 17.3. The molecule has 6 nitrogen and oxygen atoms in total. The van der Waals surface area contributed by atoms with Crippen molar-refractivity contribution in [1.82, 2.24) is 0 Å². The molecule has 0 aliphatic carbocycles. The molecule has 0 unspecified atom stereocenters. The van der Waals surface area contributed by atoms with E-state index < -0.39 is 14.1 Å². The zero-order chi connectivity index (χ0) is 34.5. The lowest BCUT2D eigenvalue weighted by Gasteiger charge is -2.48. The van der Waals surface area contributed by atoms with Gasteiger partial charge in [-0.3, -0.25) is 0 Å². The van der Waals surface area contributed by atoms with Crippen LogP contribution in [0.5, 0.6) is 5.75 Å². The fraction of sp³-hybridized carbons (Fsp3) is 0.795. The standard InChI is InChI=1S/C39H68O6Si/c1-13-18-19-28(6)35-25-36(44-39(10,11)43-35)30(8)38(42-27-33-20-22-34(41-12)23-21-33)31(9)37(29(7)24-32(14-2)26-40)45-46(15-3,16-4)17-5/h1,20-23,28-32,35-38,40H,14-19,24-27H2,2-12H3/t28-,29-,30-,31+,32-,35-,36-,37-,38-/m0/s1. The third kappa shape index (κ3) is 11.6. The molecule has 0 amide bonds. The van der Waals surface area contributed by atoms with Gasteiger partial charge in [-0.05, 0) is 80.3 Å². The summed E-state index contributed by atoms with van der Waals surface area (Å²) in [4.78, 5) is 0. The lowest BCUT2D eigenvalue weighted by molar-refractivity contribution is -0.320. The molecule has 1 aliphatic rings. The maximum absolute atomic E-state index is 10.1. The van der Waals surface area contributed by atoms with Crippen LogP contribution in [-0.2, 0) is 25.2 Å². The molecule has 0 radical (unpaired) electrons. The van der Waals surface area contributed by atoms with Crippen LogP contribution in [0.3, 0.4) is 0 Å². The van der Waals surface area contributed by atoms with Gasteiger partial charge in [0.15, 0.2) is 14.1 Å². The van der Waals surface area contributed by atoms with Gasteiger partial charge in [0, 0.05) is 31.3 Å². The first-order valence-electron chi connectivity index (χ1n) is 18.1. The average molecular weight is 661 g/mol. The number of aliphatic hydroxyl groups excluding tert-OH is 1. The zero-order valence-corrected chi connectivity index (χ0v) is 32.1. The summed E-state index contributed by atoms with van der Waals surface area (Å²) in [7, 11) is -0.267. The smallest absolute Gasteiger partial charge is 0.192 e. The van der Waals surface area contributed by atoms with E-state index >= 15 is 0 Å². The monoisotopic (exact) mass is 660 g/mol. The average Bonchev–Trinajstić information content (AvgIpc) is 3.06. The SMILES string of the molecule is C#CCC[C@H](C)[C@@H]1C[C@@H]([C@H](C)[C@H](OCc2ccc(OC)cc2)[C@H](C)[C@@H](O[Si](CC)(CC)CC)[C@@H](C)C[C@H](CC)CO)OC(C)(C)O1. The normalized spacial score (nSPS) is 23.0. The second-order valence-corrected chi connectivity index (χ2v) is 19.2. The van der Waals surface area contributed by atoms with Gasteiger partial charge in [0.1, 0.15) is 5.75 Å². The van der Waals surface area contributed by atoms with Gasteiger partial charge < -0.3 is 28.5 Å². The van der Waals surface area contributed by atoms with Crippen molar-refractivity contribution in [2.75, 3.05) is 13.7 Å². The number of hydrogen-bond acceptors (Lipinski definition) is 6. The number of ether oxygens (including phenoxy) is 4. The van der Waals surface area contributed by atoms with Crippen molar-refractivity contribution >= 4 is 8.32 Å². The van der Waals surface area contributed by atoms with Gasteiger partial charge in [0.25, 0.3) is 0 Å². The van der Waals surface area contributed by atoms with Crippen LogP contribution in [0.1, 0.15) is 107 Å². The van der Waals surface area contributed by atoms with E-state index in [4.69, 9.17) is 29.8 Å². The van der Waals surface area contributed by atoms with E-state index in [1.165, 1.54) is 0 Å². The molecule has 9 atom stereocenters. The summed E-state index contributed by atoms with van der Waals surface area (Å²) in [6.07, 6.45) is 9.87. The minimum absolute atomic E-state index is 0.00799. The minimum atomic E-state index is -1.96. The molecular weight excluding hydrogens is 593 g/mol. The molecule has 1 heterocycles. The predicted octanol–water partition coefficient (Wildman–Crippen LogP) is 9.25. The van der Waals surface area contributed by atoms with E-state index in [-0.39, 0.29) is 54.7 Å². The van der Waals surface area contributed by atoms with Gasteiger partial charge in [-0.2, -0.15) is 0 Å². The number of rotatable bonds is 21. The summed E-state index contributed by atoms with van der Waals surface area (Å²) in [6.45, 7) is 23.0. The molecular formula is C39H68O6Si. The summed E-state index contributed by atoms with van der Waals surface area (Å²) in [5, 5.41) is 10.1. The first-order valence-corrected chi connectivity index (χ1v) is 20.7. The van der Waals surface area contributed by atoms with Crippen LogP contribution in [0.2, 0.25) is 18.1 Å². The van der Waals surface area contributed by atoms with Gasteiger partial charge in [-0.15, -0.1) is 12.3 Å². The summed E-state index contributed by atoms with van der Waals surface area (Å²) in [5.41, 5.74) is 1.11.